The molecule has 0 heterocycles. The molecule has 1 rings (SSSR count). The number of hydrogen-bond donors (Lipinski definition) is 0. The van der Waals surface area contributed by atoms with E-state index in [0.29, 0.717) is 5.56 Å². The second kappa shape index (κ2) is 13.2. The van der Waals surface area contributed by atoms with Crippen LogP contribution in [0.1, 0.15) is 74.7 Å². The van der Waals surface area contributed by atoms with Crippen LogP contribution in [0.3, 0.4) is 0 Å². The molecule has 0 saturated carbocycles. The number of benzene rings is 1. The summed E-state index contributed by atoms with van der Waals surface area (Å²) in [6, 6.07) is 7.40. The highest BCUT2D eigenvalue weighted by Gasteiger charge is 2.07. The summed E-state index contributed by atoms with van der Waals surface area (Å²) in [7, 11) is 0. The number of hydrogen-bond acceptors (Lipinski definition) is 3. The first kappa shape index (κ1) is 20.9. The molecule has 0 bridgehead atoms. The predicted octanol–water partition coefficient (Wildman–Crippen LogP) is 5.75. The second-order valence-corrected chi connectivity index (χ2v) is 6.24. The Morgan fingerprint density at radius 3 is 2.52 bits per heavy atom. The Bertz CT molecular complexity index is 572. The summed E-state index contributed by atoms with van der Waals surface area (Å²) in [6.45, 7) is 3.66. The molecule has 25 heavy (non-hydrogen) atoms. The standard InChI is InChI=1S/C22H30O3/c1-3-4-5-6-7-8-15-22(25-19(2)24)16-10-9-12-20-13-11-14-21(17-20)18-23/h9-14,16-18,22H,3-8,15H2,1-2H3. The van der Waals surface area contributed by atoms with Crippen molar-refractivity contribution >= 4 is 18.3 Å². The summed E-state index contributed by atoms with van der Waals surface area (Å²) in [5, 5.41) is 0. The molecule has 136 valence electrons. The first-order valence-corrected chi connectivity index (χ1v) is 9.23. The molecule has 0 N–H and O–H groups in total. The lowest BCUT2D eigenvalue weighted by molar-refractivity contribution is -0.144. The maximum atomic E-state index is 11.2. The average Bonchev–Trinajstić information content (AvgIpc) is 2.61. The van der Waals surface area contributed by atoms with Crippen LogP contribution in [0.4, 0.5) is 0 Å². The third kappa shape index (κ3) is 10.3. The minimum atomic E-state index is -0.247. The fraction of sp³-hybridized carbons (Fsp3) is 0.455. The Kier molecular flexibility index (Phi) is 11.0. The van der Waals surface area contributed by atoms with Gasteiger partial charge in [-0.05, 0) is 30.5 Å². The van der Waals surface area contributed by atoms with Crippen LogP contribution in [0.25, 0.3) is 6.08 Å². The molecule has 1 aromatic carbocycles. The molecule has 0 aliphatic rings. The van der Waals surface area contributed by atoms with Gasteiger partial charge in [-0.3, -0.25) is 9.59 Å². The van der Waals surface area contributed by atoms with E-state index in [1.165, 1.54) is 39.0 Å². The van der Waals surface area contributed by atoms with Gasteiger partial charge in [0.1, 0.15) is 12.4 Å². The molecular formula is C22H30O3. The zero-order chi connectivity index (χ0) is 18.3. The van der Waals surface area contributed by atoms with E-state index in [9.17, 15) is 9.59 Å². The third-order valence-corrected chi connectivity index (χ3v) is 3.93. The molecule has 3 heteroatoms. The van der Waals surface area contributed by atoms with Gasteiger partial charge in [0.25, 0.3) is 0 Å². The van der Waals surface area contributed by atoms with Crippen LogP contribution < -0.4 is 0 Å². The first-order valence-electron chi connectivity index (χ1n) is 9.23. The summed E-state index contributed by atoms with van der Waals surface area (Å²) in [5.74, 6) is -0.247. The number of unbranched alkanes of at least 4 members (excludes halogenated alkanes) is 5. The Morgan fingerprint density at radius 2 is 1.80 bits per heavy atom. The van der Waals surface area contributed by atoms with Crippen LogP contribution in [0, 0.1) is 0 Å². The van der Waals surface area contributed by atoms with Crippen LogP contribution >= 0.6 is 0 Å². The minimum Gasteiger partial charge on any atom is -0.458 e. The molecule has 0 aliphatic carbocycles. The van der Waals surface area contributed by atoms with Gasteiger partial charge in [-0.2, -0.15) is 0 Å². The van der Waals surface area contributed by atoms with Crippen LogP contribution in [-0.4, -0.2) is 18.4 Å². The highest BCUT2D eigenvalue weighted by molar-refractivity contribution is 5.76. The van der Waals surface area contributed by atoms with Gasteiger partial charge in [-0.25, -0.2) is 0 Å². The van der Waals surface area contributed by atoms with E-state index < -0.39 is 0 Å². The van der Waals surface area contributed by atoms with Crippen molar-refractivity contribution in [1.82, 2.24) is 0 Å². The Balaban J connectivity index is 2.46. The SMILES string of the molecule is CCCCCCCCC(C=CC=Cc1cccc(C=O)c1)OC(C)=O. The van der Waals surface area contributed by atoms with Gasteiger partial charge in [-0.15, -0.1) is 0 Å². The van der Waals surface area contributed by atoms with Gasteiger partial charge in [0.15, 0.2) is 0 Å². The van der Waals surface area contributed by atoms with Crippen molar-refractivity contribution in [3.05, 3.63) is 53.6 Å². The fourth-order valence-corrected chi connectivity index (χ4v) is 2.62. The second-order valence-electron chi connectivity index (χ2n) is 6.24. The smallest absolute Gasteiger partial charge is 0.303 e. The first-order chi connectivity index (χ1) is 12.2. The van der Waals surface area contributed by atoms with Crippen molar-refractivity contribution < 1.29 is 14.3 Å². The molecule has 0 saturated heterocycles. The van der Waals surface area contributed by atoms with Crippen LogP contribution in [0.5, 0.6) is 0 Å². The molecule has 0 aromatic heterocycles. The van der Waals surface area contributed by atoms with Crippen molar-refractivity contribution in [3.63, 3.8) is 0 Å². The highest BCUT2D eigenvalue weighted by Crippen LogP contribution is 2.12. The monoisotopic (exact) mass is 342 g/mol. The van der Waals surface area contributed by atoms with E-state index in [4.69, 9.17) is 4.74 Å². The van der Waals surface area contributed by atoms with Gasteiger partial charge in [-0.1, -0.05) is 75.5 Å². The normalized spacial score (nSPS) is 12.6. The quantitative estimate of drug-likeness (QED) is 0.210. The van der Waals surface area contributed by atoms with Gasteiger partial charge < -0.3 is 4.74 Å². The van der Waals surface area contributed by atoms with E-state index in [1.807, 2.05) is 42.5 Å². The maximum Gasteiger partial charge on any atom is 0.303 e. The molecule has 0 spiro atoms. The number of aldehydes is 1. The lowest BCUT2D eigenvalue weighted by Crippen LogP contribution is -2.13. The van der Waals surface area contributed by atoms with Gasteiger partial charge in [0.2, 0.25) is 0 Å². The van der Waals surface area contributed by atoms with Crippen molar-refractivity contribution in [2.24, 2.45) is 0 Å². The van der Waals surface area contributed by atoms with E-state index in [-0.39, 0.29) is 12.1 Å². The number of carbonyl (C=O) groups is 2. The zero-order valence-corrected chi connectivity index (χ0v) is 15.4. The molecule has 3 nitrogen and oxygen atoms in total. The summed E-state index contributed by atoms with van der Waals surface area (Å²) < 4.78 is 5.36. The van der Waals surface area contributed by atoms with Gasteiger partial charge in [0.05, 0.1) is 0 Å². The van der Waals surface area contributed by atoms with Crippen LogP contribution in [0.2, 0.25) is 0 Å². The van der Waals surface area contributed by atoms with Crippen molar-refractivity contribution in [2.75, 3.05) is 0 Å². The summed E-state index contributed by atoms with van der Waals surface area (Å²) in [4.78, 5) is 22.0. The number of carbonyl (C=O) groups excluding carboxylic acids is 2. The molecule has 1 atom stereocenters. The number of rotatable bonds is 12. The Morgan fingerprint density at radius 1 is 1.08 bits per heavy atom. The summed E-state index contributed by atoms with van der Waals surface area (Å²) in [5.41, 5.74) is 1.63. The number of ether oxygens (including phenoxy) is 1. The minimum absolute atomic E-state index is 0.172. The molecule has 0 fully saturated rings. The van der Waals surface area contributed by atoms with Gasteiger partial charge in [0, 0.05) is 12.5 Å². The van der Waals surface area contributed by atoms with E-state index in [1.54, 1.807) is 6.07 Å². The fourth-order valence-electron chi connectivity index (χ4n) is 2.62. The Hall–Kier alpha value is -2.16. The van der Waals surface area contributed by atoms with E-state index >= 15 is 0 Å². The zero-order valence-electron chi connectivity index (χ0n) is 15.4. The molecule has 0 aliphatic heterocycles. The van der Waals surface area contributed by atoms with Crippen molar-refractivity contribution in [3.8, 4) is 0 Å². The van der Waals surface area contributed by atoms with Gasteiger partial charge >= 0.3 is 5.97 Å². The average molecular weight is 342 g/mol. The van der Waals surface area contributed by atoms with E-state index in [2.05, 4.69) is 6.92 Å². The van der Waals surface area contributed by atoms with E-state index in [0.717, 1.165) is 24.7 Å². The molecule has 1 unspecified atom stereocenters. The van der Waals surface area contributed by atoms with Crippen LogP contribution in [-0.2, 0) is 9.53 Å². The maximum absolute atomic E-state index is 11.2. The number of esters is 1. The summed E-state index contributed by atoms with van der Waals surface area (Å²) in [6.07, 6.45) is 16.5. The summed E-state index contributed by atoms with van der Waals surface area (Å²) >= 11 is 0. The lowest BCUT2D eigenvalue weighted by atomic mass is 10.1. The molecular weight excluding hydrogens is 312 g/mol. The molecule has 0 amide bonds. The van der Waals surface area contributed by atoms with Crippen molar-refractivity contribution in [2.45, 2.75) is 64.9 Å². The predicted molar refractivity (Wildman–Crippen MR) is 104 cm³/mol. The number of allylic oxidation sites excluding steroid dienone is 2. The van der Waals surface area contributed by atoms with Crippen molar-refractivity contribution in [1.29, 1.82) is 0 Å². The Labute approximate surface area is 151 Å². The third-order valence-electron chi connectivity index (χ3n) is 3.93. The lowest BCUT2D eigenvalue weighted by Gasteiger charge is -2.12. The largest absolute Gasteiger partial charge is 0.458 e. The van der Waals surface area contributed by atoms with Crippen LogP contribution in [0.15, 0.2) is 42.5 Å². The highest BCUT2D eigenvalue weighted by atomic mass is 16.5. The molecule has 1 aromatic rings. The topological polar surface area (TPSA) is 43.4 Å². The molecule has 0 radical (unpaired) electrons.